The van der Waals surface area contributed by atoms with E-state index in [4.69, 9.17) is 5.11 Å². The molecule has 0 radical (unpaired) electrons. The zero-order valence-corrected chi connectivity index (χ0v) is 5.96. The number of carboxylic acids is 1. The average molecular weight is 158 g/mol. The fourth-order valence-electron chi connectivity index (χ4n) is 0.999. The molecule has 0 spiro atoms. The number of rotatable bonds is 3. The van der Waals surface area contributed by atoms with Gasteiger partial charge in [-0.25, -0.2) is 0 Å². The fraction of sp³-hybridized carbons (Fsp3) is 0.667. The Kier molecular flexibility index (Phi) is 2.43. The molecular formula is C6H10N2O3. The SMILES string of the molecule is O=C(O)CN[C@H]1CCNC1=O. The molecule has 1 fully saturated rings. The van der Waals surface area contributed by atoms with Crippen molar-refractivity contribution < 1.29 is 14.7 Å². The normalized spacial score (nSPS) is 23.3. The van der Waals surface area contributed by atoms with Crippen LogP contribution >= 0.6 is 0 Å². The molecule has 1 rings (SSSR count). The van der Waals surface area contributed by atoms with Gasteiger partial charge in [0.1, 0.15) is 0 Å². The summed E-state index contributed by atoms with van der Waals surface area (Å²) in [5, 5.41) is 13.5. The molecule has 3 N–H and O–H groups in total. The maximum Gasteiger partial charge on any atom is 0.317 e. The van der Waals surface area contributed by atoms with E-state index in [2.05, 4.69) is 10.6 Å². The van der Waals surface area contributed by atoms with Crippen molar-refractivity contribution in [2.24, 2.45) is 0 Å². The highest BCUT2D eigenvalue weighted by atomic mass is 16.4. The third kappa shape index (κ3) is 2.19. The molecule has 11 heavy (non-hydrogen) atoms. The van der Waals surface area contributed by atoms with Crippen LogP contribution in [0, 0.1) is 0 Å². The van der Waals surface area contributed by atoms with Crippen LogP contribution in [0.1, 0.15) is 6.42 Å². The molecular weight excluding hydrogens is 148 g/mol. The molecule has 0 aromatic rings. The zero-order chi connectivity index (χ0) is 8.27. The first-order valence-corrected chi connectivity index (χ1v) is 3.43. The number of hydrogen-bond acceptors (Lipinski definition) is 3. The van der Waals surface area contributed by atoms with Gasteiger partial charge in [0.25, 0.3) is 0 Å². The second kappa shape index (κ2) is 3.34. The summed E-state index contributed by atoms with van der Waals surface area (Å²) in [6, 6.07) is -0.314. The smallest absolute Gasteiger partial charge is 0.317 e. The number of carbonyl (C=O) groups excluding carboxylic acids is 1. The van der Waals surface area contributed by atoms with Crippen LogP contribution < -0.4 is 10.6 Å². The van der Waals surface area contributed by atoms with Crippen LogP contribution in [0.25, 0.3) is 0 Å². The summed E-state index contributed by atoms with van der Waals surface area (Å²) in [7, 11) is 0. The molecule has 0 bridgehead atoms. The Morgan fingerprint density at radius 1 is 1.82 bits per heavy atom. The lowest BCUT2D eigenvalue weighted by atomic mass is 10.2. The molecule has 1 atom stereocenters. The van der Waals surface area contributed by atoms with E-state index in [1.54, 1.807) is 0 Å². The molecule has 0 unspecified atom stereocenters. The Hall–Kier alpha value is -1.10. The standard InChI is InChI=1S/C6H10N2O3/c9-5(10)3-8-4-1-2-7-6(4)11/h4,8H,1-3H2,(H,7,11)(H,9,10)/t4-/m0/s1. The first kappa shape index (κ1) is 8.00. The molecule has 1 aliphatic rings. The summed E-state index contributed by atoms with van der Waals surface area (Å²) in [6.45, 7) is 0.480. The molecule has 62 valence electrons. The quantitative estimate of drug-likeness (QED) is 0.469. The Labute approximate surface area is 63.8 Å². The summed E-state index contributed by atoms with van der Waals surface area (Å²) in [4.78, 5) is 20.9. The van der Waals surface area contributed by atoms with Crippen LogP contribution in [0.3, 0.4) is 0 Å². The fourth-order valence-corrected chi connectivity index (χ4v) is 0.999. The molecule has 0 aromatic carbocycles. The van der Waals surface area contributed by atoms with Gasteiger partial charge in [-0.2, -0.15) is 0 Å². The second-order valence-corrected chi connectivity index (χ2v) is 2.41. The van der Waals surface area contributed by atoms with Gasteiger partial charge in [-0.1, -0.05) is 0 Å². The van der Waals surface area contributed by atoms with Gasteiger partial charge in [0.05, 0.1) is 12.6 Å². The molecule has 1 saturated heterocycles. The number of amides is 1. The summed E-state index contributed by atoms with van der Waals surface area (Å²) >= 11 is 0. The number of hydrogen-bond donors (Lipinski definition) is 3. The van der Waals surface area contributed by atoms with Crippen molar-refractivity contribution in [3.05, 3.63) is 0 Å². The first-order chi connectivity index (χ1) is 5.20. The van der Waals surface area contributed by atoms with Crippen LogP contribution in [-0.4, -0.2) is 36.1 Å². The third-order valence-corrected chi connectivity index (χ3v) is 1.55. The largest absolute Gasteiger partial charge is 0.480 e. The van der Waals surface area contributed by atoms with Crippen LogP contribution in [-0.2, 0) is 9.59 Å². The van der Waals surface area contributed by atoms with Crippen molar-refractivity contribution in [2.45, 2.75) is 12.5 Å². The van der Waals surface area contributed by atoms with Crippen LogP contribution in [0.5, 0.6) is 0 Å². The molecule has 0 saturated carbocycles. The lowest BCUT2D eigenvalue weighted by molar-refractivity contribution is -0.136. The molecule has 0 aliphatic carbocycles. The van der Waals surface area contributed by atoms with Gasteiger partial charge in [-0.3, -0.25) is 14.9 Å². The van der Waals surface area contributed by atoms with Gasteiger partial charge in [0.2, 0.25) is 5.91 Å². The lowest BCUT2D eigenvalue weighted by Crippen LogP contribution is -2.38. The highest BCUT2D eigenvalue weighted by molar-refractivity contribution is 5.84. The van der Waals surface area contributed by atoms with Crippen LogP contribution in [0.15, 0.2) is 0 Å². The average Bonchev–Trinajstić information content (AvgIpc) is 2.31. The molecule has 5 heteroatoms. The van der Waals surface area contributed by atoms with Crippen molar-refractivity contribution >= 4 is 11.9 Å². The van der Waals surface area contributed by atoms with E-state index in [-0.39, 0.29) is 18.5 Å². The maximum atomic E-state index is 10.8. The third-order valence-electron chi connectivity index (χ3n) is 1.55. The summed E-state index contributed by atoms with van der Waals surface area (Å²) in [5.41, 5.74) is 0. The van der Waals surface area contributed by atoms with Gasteiger partial charge in [-0.05, 0) is 6.42 Å². The highest BCUT2D eigenvalue weighted by Crippen LogP contribution is 1.97. The number of nitrogens with one attached hydrogen (secondary N) is 2. The molecule has 1 amide bonds. The topological polar surface area (TPSA) is 78.4 Å². The lowest BCUT2D eigenvalue weighted by Gasteiger charge is -2.05. The molecule has 5 nitrogen and oxygen atoms in total. The van der Waals surface area contributed by atoms with E-state index in [0.29, 0.717) is 13.0 Å². The summed E-state index contributed by atoms with van der Waals surface area (Å²) < 4.78 is 0. The minimum absolute atomic E-state index is 0.105. The first-order valence-electron chi connectivity index (χ1n) is 3.43. The van der Waals surface area contributed by atoms with E-state index in [1.807, 2.05) is 0 Å². The Morgan fingerprint density at radius 2 is 2.55 bits per heavy atom. The predicted molar refractivity (Wildman–Crippen MR) is 37.1 cm³/mol. The van der Waals surface area contributed by atoms with Gasteiger partial charge in [0.15, 0.2) is 0 Å². The van der Waals surface area contributed by atoms with Crippen molar-refractivity contribution in [1.82, 2.24) is 10.6 Å². The van der Waals surface area contributed by atoms with E-state index >= 15 is 0 Å². The summed E-state index contributed by atoms with van der Waals surface area (Å²) in [5.74, 6) is -1.05. The number of carboxylic acid groups (broad SMARTS) is 1. The summed E-state index contributed by atoms with van der Waals surface area (Å²) in [6.07, 6.45) is 0.673. The van der Waals surface area contributed by atoms with E-state index in [9.17, 15) is 9.59 Å². The van der Waals surface area contributed by atoms with Crippen LogP contribution in [0.2, 0.25) is 0 Å². The van der Waals surface area contributed by atoms with Gasteiger partial charge < -0.3 is 10.4 Å². The molecule has 1 aliphatic heterocycles. The van der Waals surface area contributed by atoms with Crippen molar-refractivity contribution in [1.29, 1.82) is 0 Å². The Balaban J connectivity index is 2.26. The van der Waals surface area contributed by atoms with Crippen molar-refractivity contribution in [3.63, 3.8) is 0 Å². The predicted octanol–water partition coefficient (Wildman–Crippen LogP) is -1.45. The van der Waals surface area contributed by atoms with E-state index in [1.165, 1.54) is 0 Å². The van der Waals surface area contributed by atoms with Gasteiger partial charge >= 0.3 is 5.97 Å². The molecule has 1 heterocycles. The molecule has 0 aromatic heterocycles. The van der Waals surface area contributed by atoms with E-state index < -0.39 is 5.97 Å². The van der Waals surface area contributed by atoms with Crippen LogP contribution in [0.4, 0.5) is 0 Å². The van der Waals surface area contributed by atoms with Gasteiger partial charge in [0, 0.05) is 6.54 Å². The Bertz CT molecular complexity index is 181. The minimum Gasteiger partial charge on any atom is -0.480 e. The zero-order valence-electron chi connectivity index (χ0n) is 5.96. The minimum atomic E-state index is -0.940. The Morgan fingerprint density at radius 3 is 3.00 bits per heavy atom. The maximum absolute atomic E-state index is 10.8. The second-order valence-electron chi connectivity index (χ2n) is 2.41. The van der Waals surface area contributed by atoms with Crippen molar-refractivity contribution in [3.8, 4) is 0 Å². The number of carbonyl (C=O) groups is 2. The van der Waals surface area contributed by atoms with Gasteiger partial charge in [-0.15, -0.1) is 0 Å². The van der Waals surface area contributed by atoms with E-state index in [0.717, 1.165) is 0 Å². The monoisotopic (exact) mass is 158 g/mol. The highest BCUT2D eigenvalue weighted by Gasteiger charge is 2.23. The number of aliphatic carboxylic acids is 1. The van der Waals surface area contributed by atoms with Crippen molar-refractivity contribution in [2.75, 3.05) is 13.1 Å².